The van der Waals surface area contributed by atoms with Crippen LogP contribution in [0.5, 0.6) is 0 Å². The average Bonchev–Trinajstić information content (AvgIpc) is 2.65. The number of hydrogen-bond acceptors (Lipinski definition) is 6. The lowest BCUT2D eigenvalue weighted by atomic mass is 10.0. The van der Waals surface area contributed by atoms with Gasteiger partial charge in [0.1, 0.15) is 11.4 Å². The SMILES string of the molecule is CC(=O)c1c(-c2ccncc2)nn(CCO)c(=O)c1Nc1cccc(Cl)c1. The van der Waals surface area contributed by atoms with E-state index in [0.29, 0.717) is 22.0 Å². The maximum absolute atomic E-state index is 12.9. The Balaban J connectivity index is 2.27. The second-order valence-corrected chi connectivity index (χ2v) is 6.21. The summed E-state index contributed by atoms with van der Waals surface area (Å²) >= 11 is 6.02. The normalized spacial score (nSPS) is 10.6. The minimum atomic E-state index is -0.507. The summed E-state index contributed by atoms with van der Waals surface area (Å²) in [6.45, 7) is 1.11. The van der Waals surface area contributed by atoms with E-state index in [9.17, 15) is 14.7 Å². The van der Waals surface area contributed by atoms with E-state index in [1.165, 1.54) is 6.92 Å². The highest BCUT2D eigenvalue weighted by Crippen LogP contribution is 2.28. The van der Waals surface area contributed by atoms with Gasteiger partial charge in [0.2, 0.25) is 0 Å². The van der Waals surface area contributed by atoms with Crippen molar-refractivity contribution in [3.63, 3.8) is 0 Å². The molecular formula is C19H17ClN4O3. The Morgan fingerprint density at radius 2 is 2.00 bits per heavy atom. The Morgan fingerprint density at radius 1 is 1.26 bits per heavy atom. The zero-order valence-corrected chi connectivity index (χ0v) is 15.3. The van der Waals surface area contributed by atoms with Gasteiger partial charge in [-0.2, -0.15) is 5.10 Å². The van der Waals surface area contributed by atoms with Crippen molar-refractivity contribution in [2.24, 2.45) is 0 Å². The highest BCUT2D eigenvalue weighted by atomic mass is 35.5. The van der Waals surface area contributed by atoms with Gasteiger partial charge in [0, 0.05) is 28.7 Å². The first-order chi connectivity index (χ1) is 13.0. The van der Waals surface area contributed by atoms with Crippen molar-refractivity contribution in [1.82, 2.24) is 14.8 Å². The number of pyridine rings is 1. The van der Waals surface area contributed by atoms with Crippen LogP contribution in [0.3, 0.4) is 0 Å². The summed E-state index contributed by atoms with van der Waals surface area (Å²) in [5, 5.41) is 17.1. The van der Waals surface area contributed by atoms with E-state index in [0.717, 1.165) is 4.68 Å². The number of ketones is 1. The predicted molar refractivity (Wildman–Crippen MR) is 104 cm³/mol. The molecule has 0 fully saturated rings. The molecule has 8 heteroatoms. The molecule has 0 aliphatic carbocycles. The molecule has 0 aliphatic rings. The van der Waals surface area contributed by atoms with Gasteiger partial charge in [0.05, 0.1) is 18.7 Å². The molecule has 2 heterocycles. The van der Waals surface area contributed by atoms with E-state index in [1.54, 1.807) is 48.8 Å². The molecule has 2 aromatic heterocycles. The van der Waals surface area contributed by atoms with Crippen LogP contribution in [-0.4, -0.2) is 32.3 Å². The van der Waals surface area contributed by atoms with Crippen molar-refractivity contribution in [2.75, 3.05) is 11.9 Å². The Morgan fingerprint density at radius 3 is 2.63 bits per heavy atom. The number of nitrogens with zero attached hydrogens (tertiary/aromatic N) is 3. The fraction of sp³-hybridized carbons (Fsp3) is 0.158. The number of nitrogens with one attached hydrogen (secondary N) is 1. The minimum absolute atomic E-state index is 0.000667. The molecule has 2 N–H and O–H groups in total. The summed E-state index contributed by atoms with van der Waals surface area (Å²) in [5.41, 5.74) is 1.27. The van der Waals surface area contributed by atoms with Crippen molar-refractivity contribution >= 4 is 28.8 Å². The number of aliphatic hydroxyl groups is 1. The zero-order chi connectivity index (χ0) is 19.4. The van der Waals surface area contributed by atoms with Gasteiger partial charge in [-0.05, 0) is 37.3 Å². The van der Waals surface area contributed by atoms with Gasteiger partial charge in [0.15, 0.2) is 5.78 Å². The van der Waals surface area contributed by atoms with E-state index in [2.05, 4.69) is 15.4 Å². The van der Waals surface area contributed by atoms with E-state index in [4.69, 9.17) is 11.6 Å². The summed E-state index contributed by atoms with van der Waals surface area (Å²) in [6, 6.07) is 10.2. The van der Waals surface area contributed by atoms with E-state index < -0.39 is 5.56 Å². The number of anilines is 2. The first-order valence-electron chi connectivity index (χ1n) is 8.21. The maximum Gasteiger partial charge on any atom is 0.291 e. The van der Waals surface area contributed by atoms with Crippen LogP contribution in [0.15, 0.2) is 53.6 Å². The molecule has 0 spiro atoms. The molecule has 7 nitrogen and oxygen atoms in total. The Labute approximate surface area is 160 Å². The molecule has 0 unspecified atom stereocenters. The summed E-state index contributed by atoms with van der Waals surface area (Å²) < 4.78 is 1.13. The van der Waals surface area contributed by atoms with Gasteiger partial charge < -0.3 is 10.4 Å². The number of hydrogen-bond donors (Lipinski definition) is 2. The van der Waals surface area contributed by atoms with Crippen molar-refractivity contribution < 1.29 is 9.90 Å². The number of aliphatic hydroxyl groups excluding tert-OH is 1. The van der Waals surface area contributed by atoms with Gasteiger partial charge in [0.25, 0.3) is 5.56 Å². The van der Waals surface area contributed by atoms with Crippen molar-refractivity contribution in [3.8, 4) is 11.3 Å². The molecule has 3 rings (SSSR count). The lowest BCUT2D eigenvalue weighted by Gasteiger charge is -2.16. The summed E-state index contributed by atoms with van der Waals surface area (Å²) in [4.78, 5) is 29.3. The van der Waals surface area contributed by atoms with Crippen LogP contribution in [0.4, 0.5) is 11.4 Å². The fourth-order valence-electron chi connectivity index (χ4n) is 2.70. The van der Waals surface area contributed by atoms with Crippen molar-refractivity contribution in [3.05, 3.63) is 69.7 Å². The second kappa shape index (κ2) is 8.11. The number of rotatable bonds is 6. The average molecular weight is 385 g/mol. The number of aromatic nitrogens is 3. The molecule has 0 bridgehead atoms. The lowest BCUT2D eigenvalue weighted by Crippen LogP contribution is -2.29. The van der Waals surface area contributed by atoms with Gasteiger partial charge >= 0.3 is 0 Å². The zero-order valence-electron chi connectivity index (χ0n) is 14.5. The number of Topliss-reactive ketones (excluding diaryl/α,β-unsaturated/α-hetero) is 1. The van der Waals surface area contributed by atoms with Gasteiger partial charge in [-0.3, -0.25) is 14.6 Å². The topological polar surface area (TPSA) is 97.1 Å². The molecule has 0 saturated carbocycles. The number of benzene rings is 1. The summed E-state index contributed by atoms with van der Waals surface area (Å²) in [5.74, 6) is -0.313. The van der Waals surface area contributed by atoms with Crippen molar-refractivity contribution in [1.29, 1.82) is 0 Å². The summed E-state index contributed by atoms with van der Waals surface area (Å²) in [7, 11) is 0. The van der Waals surface area contributed by atoms with Crippen LogP contribution < -0.4 is 10.9 Å². The molecule has 138 valence electrons. The lowest BCUT2D eigenvalue weighted by molar-refractivity contribution is 0.101. The van der Waals surface area contributed by atoms with Crippen LogP contribution in [-0.2, 0) is 6.54 Å². The largest absolute Gasteiger partial charge is 0.394 e. The smallest absolute Gasteiger partial charge is 0.291 e. The molecule has 0 aliphatic heterocycles. The van der Waals surface area contributed by atoms with Crippen molar-refractivity contribution in [2.45, 2.75) is 13.5 Å². The molecule has 1 aromatic carbocycles. The first kappa shape index (κ1) is 18.8. The Hall–Kier alpha value is -3.03. The first-order valence-corrected chi connectivity index (χ1v) is 8.59. The number of carbonyl (C=O) groups is 1. The number of halogens is 1. The molecule has 0 atom stereocenters. The van der Waals surface area contributed by atoms with Crippen LogP contribution in [0.25, 0.3) is 11.3 Å². The van der Waals surface area contributed by atoms with E-state index >= 15 is 0 Å². The Kier molecular flexibility index (Phi) is 5.63. The Bertz CT molecular complexity index is 1030. The second-order valence-electron chi connectivity index (χ2n) is 5.78. The molecule has 3 aromatic rings. The molecule has 0 radical (unpaired) electrons. The van der Waals surface area contributed by atoms with Crippen LogP contribution in [0, 0.1) is 0 Å². The molecule has 27 heavy (non-hydrogen) atoms. The third kappa shape index (κ3) is 4.05. The van der Waals surface area contributed by atoms with Crippen LogP contribution >= 0.6 is 11.6 Å². The molecular weight excluding hydrogens is 368 g/mol. The van der Waals surface area contributed by atoms with Gasteiger partial charge in [-0.1, -0.05) is 17.7 Å². The monoisotopic (exact) mass is 384 g/mol. The van der Waals surface area contributed by atoms with Crippen LogP contribution in [0.1, 0.15) is 17.3 Å². The fourth-order valence-corrected chi connectivity index (χ4v) is 2.89. The molecule has 0 amide bonds. The third-order valence-electron chi connectivity index (χ3n) is 3.87. The highest BCUT2D eigenvalue weighted by molar-refractivity contribution is 6.30. The van der Waals surface area contributed by atoms with E-state index in [1.807, 2.05) is 0 Å². The van der Waals surface area contributed by atoms with Gasteiger partial charge in [-0.25, -0.2) is 4.68 Å². The highest BCUT2D eigenvalue weighted by Gasteiger charge is 2.22. The minimum Gasteiger partial charge on any atom is -0.394 e. The summed E-state index contributed by atoms with van der Waals surface area (Å²) in [6.07, 6.45) is 3.15. The maximum atomic E-state index is 12.9. The predicted octanol–water partition coefficient (Wildman–Crippen LogP) is 2.90. The standard InChI is InChI=1S/C19H17ClN4O3/c1-12(26)16-17(13-5-7-21-8-6-13)23-24(9-10-25)19(27)18(16)22-15-4-2-3-14(20)11-15/h2-8,11,22,25H,9-10H2,1H3. The van der Waals surface area contributed by atoms with Crippen LogP contribution in [0.2, 0.25) is 5.02 Å². The number of carbonyl (C=O) groups excluding carboxylic acids is 1. The van der Waals surface area contributed by atoms with E-state index in [-0.39, 0.29) is 30.2 Å². The van der Waals surface area contributed by atoms with Gasteiger partial charge in [-0.15, -0.1) is 0 Å². The quantitative estimate of drug-likeness (QED) is 0.634. The third-order valence-corrected chi connectivity index (χ3v) is 4.10. The molecule has 0 saturated heterocycles.